The van der Waals surface area contributed by atoms with Crippen LogP contribution < -0.4 is 16.4 Å². The molecule has 12 heteroatoms. The predicted molar refractivity (Wildman–Crippen MR) is 135 cm³/mol. The van der Waals surface area contributed by atoms with Crippen molar-refractivity contribution in [3.8, 4) is 0 Å². The zero-order valence-electron chi connectivity index (χ0n) is 21.2. The van der Waals surface area contributed by atoms with Crippen molar-refractivity contribution in [2.45, 2.75) is 50.1 Å². The van der Waals surface area contributed by atoms with E-state index in [9.17, 15) is 19.2 Å². The van der Waals surface area contributed by atoms with Crippen molar-refractivity contribution in [2.24, 2.45) is 5.73 Å². The number of amides is 2. The van der Waals surface area contributed by atoms with Gasteiger partial charge < -0.3 is 30.1 Å². The van der Waals surface area contributed by atoms with E-state index in [0.29, 0.717) is 11.3 Å². The zero-order chi connectivity index (χ0) is 27.2. The van der Waals surface area contributed by atoms with Crippen molar-refractivity contribution < 1.29 is 33.4 Å². The van der Waals surface area contributed by atoms with E-state index >= 15 is 0 Å². The summed E-state index contributed by atoms with van der Waals surface area (Å²) < 4.78 is 16.1. The summed E-state index contributed by atoms with van der Waals surface area (Å²) in [7, 11) is 2.77. The lowest BCUT2D eigenvalue weighted by molar-refractivity contribution is -0.133. The molecule has 1 fully saturated rings. The summed E-state index contributed by atoms with van der Waals surface area (Å²) in [6.45, 7) is 3.57. The van der Waals surface area contributed by atoms with Crippen LogP contribution in [0.4, 0.5) is 0 Å². The number of rotatable bonds is 15. The molecule has 2 heterocycles. The number of ether oxygens (including phenoxy) is 3. The first-order valence-corrected chi connectivity index (χ1v) is 12.5. The highest BCUT2D eigenvalue weighted by Gasteiger charge is 2.50. The molecule has 1 aromatic carbocycles. The van der Waals surface area contributed by atoms with Crippen molar-refractivity contribution in [1.29, 1.82) is 0 Å². The highest BCUT2D eigenvalue weighted by atomic mass is 32.1. The number of methoxy groups -OCH3 is 2. The summed E-state index contributed by atoms with van der Waals surface area (Å²) >= 11 is 1.07. The number of Topliss-reactive ketones (excluding diaryl/α,β-unsaturated/α-hetero) is 1. The van der Waals surface area contributed by atoms with Crippen LogP contribution in [0.1, 0.15) is 38.8 Å². The summed E-state index contributed by atoms with van der Waals surface area (Å²) in [6, 6.07) is 7.45. The fourth-order valence-corrected chi connectivity index (χ4v) is 4.78. The van der Waals surface area contributed by atoms with Crippen LogP contribution in [0.15, 0.2) is 30.3 Å². The molecule has 0 aliphatic carbocycles. The van der Waals surface area contributed by atoms with Gasteiger partial charge in [0.1, 0.15) is 29.0 Å². The van der Waals surface area contributed by atoms with Gasteiger partial charge in [-0.15, -0.1) is 11.3 Å². The molecule has 2 amide bonds. The van der Waals surface area contributed by atoms with Crippen molar-refractivity contribution >= 4 is 35.2 Å². The zero-order valence-corrected chi connectivity index (χ0v) is 22.0. The van der Waals surface area contributed by atoms with E-state index in [1.807, 2.05) is 30.3 Å². The van der Waals surface area contributed by atoms with Gasteiger partial charge in [-0.2, -0.15) is 0 Å². The molecule has 4 N–H and O–H groups in total. The fourth-order valence-electron chi connectivity index (χ4n) is 3.96. The predicted octanol–water partition coefficient (Wildman–Crippen LogP) is 0.496. The largest absolute Gasteiger partial charge is 0.383 e. The number of carbonyl (C=O) groups is 4. The molecule has 37 heavy (non-hydrogen) atoms. The highest BCUT2D eigenvalue weighted by Crippen LogP contribution is 2.29. The number of aldehydes is 1. The molecule has 1 aliphatic heterocycles. The molecule has 1 saturated heterocycles. The van der Waals surface area contributed by atoms with Gasteiger partial charge in [0, 0.05) is 14.2 Å². The van der Waals surface area contributed by atoms with Crippen LogP contribution in [-0.4, -0.2) is 80.2 Å². The average molecular weight is 533 g/mol. The Morgan fingerprint density at radius 1 is 1.24 bits per heavy atom. The van der Waals surface area contributed by atoms with Crippen molar-refractivity contribution in [3.63, 3.8) is 0 Å². The third kappa shape index (κ3) is 7.05. The van der Waals surface area contributed by atoms with E-state index in [4.69, 9.17) is 19.9 Å². The van der Waals surface area contributed by atoms with Gasteiger partial charge in [-0.05, 0) is 25.8 Å². The SMILES string of the molecule is COC[C@H](NC(OC)[C@@H](C=O)c1nc(C)sc1C(N)=O)C(=O)N[C@@H](Cc1ccccc1)C(=O)[C@@]1(C)CO1. The van der Waals surface area contributed by atoms with Gasteiger partial charge in [0.15, 0.2) is 5.78 Å². The number of hydrogen-bond donors (Lipinski definition) is 3. The van der Waals surface area contributed by atoms with E-state index in [0.717, 1.165) is 16.9 Å². The van der Waals surface area contributed by atoms with Gasteiger partial charge in [0.05, 0.1) is 35.9 Å². The van der Waals surface area contributed by atoms with Gasteiger partial charge in [0.25, 0.3) is 5.91 Å². The minimum atomic E-state index is -1.05. The maximum absolute atomic E-state index is 13.4. The molecule has 11 nitrogen and oxygen atoms in total. The van der Waals surface area contributed by atoms with Crippen molar-refractivity contribution in [3.05, 3.63) is 51.5 Å². The average Bonchev–Trinajstić information content (AvgIpc) is 3.51. The van der Waals surface area contributed by atoms with Crippen molar-refractivity contribution in [1.82, 2.24) is 15.6 Å². The van der Waals surface area contributed by atoms with Gasteiger partial charge in [0.2, 0.25) is 5.91 Å². The molecule has 1 unspecified atom stereocenters. The number of thiazole rings is 1. The summed E-state index contributed by atoms with van der Waals surface area (Å²) in [5, 5.41) is 6.34. The molecular formula is C25H32N4O7S. The number of aryl methyl sites for hydroxylation is 1. The van der Waals surface area contributed by atoms with Crippen LogP contribution >= 0.6 is 11.3 Å². The lowest BCUT2D eigenvalue weighted by Gasteiger charge is -2.28. The molecular weight excluding hydrogens is 500 g/mol. The fraction of sp³-hybridized carbons (Fsp3) is 0.480. The summed E-state index contributed by atoms with van der Waals surface area (Å²) in [6.07, 6.45) is -0.193. The van der Waals surface area contributed by atoms with Gasteiger partial charge >= 0.3 is 0 Å². The maximum Gasteiger partial charge on any atom is 0.260 e. The van der Waals surface area contributed by atoms with E-state index in [1.165, 1.54) is 14.2 Å². The second-order valence-electron chi connectivity index (χ2n) is 8.94. The number of benzene rings is 1. The van der Waals surface area contributed by atoms with Crippen LogP contribution in [0.5, 0.6) is 0 Å². The minimum Gasteiger partial charge on any atom is -0.383 e. The Labute approximate surface area is 219 Å². The normalized spacial score (nSPS) is 19.9. The van der Waals surface area contributed by atoms with Crippen LogP contribution in [0.3, 0.4) is 0 Å². The number of nitrogens with zero attached hydrogens (tertiary/aromatic N) is 1. The van der Waals surface area contributed by atoms with E-state index in [1.54, 1.807) is 13.8 Å². The molecule has 5 atom stereocenters. The monoisotopic (exact) mass is 532 g/mol. The van der Waals surface area contributed by atoms with E-state index in [2.05, 4.69) is 15.6 Å². The molecule has 2 aromatic rings. The Bertz CT molecular complexity index is 1120. The summed E-state index contributed by atoms with van der Waals surface area (Å²) in [4.78, 5) is 55.0. The number of aromatic nitrogens is 1. The lowest BCUT2D eigenvalue weighted by Crippen LogP contribution is -2.57. The first-order chi connectivity index (χ1) is 17.6. The maximum atomic E-state index is 13.4. The van der Waals surface area contributed by atoms with E-state index in [-0.39, 0.29) is 36.0 Å². The molecule has 1 aliphatic rings. The Kier molecular flexibility index (Phi) is 9.62. The first-order valence-electron chi connectivity index (χ1n) is 11.7. The Hall–Kier alpha value is -3.03. The Balaban J connectivity index is 1.81. The summed E-state index contributed by atoms with van der Waals surface area (Å²) in [5.41, 5.74) is 5.57. The van der Waals surface area contributed by atoms with E-state index < -0.39 is 41.6 Å². The quantitative estimate of drug-likeness (QED) is 0.168. The number of hydrogen-bond acceptors (Lipinski definition) is 10. The standard InChI is InChI=1S/C25H32N4O7S/c1-14-27-19(20(37-14)22(26)32)16(11-30)24(35-4)29-18(12-34-3)23(33)28-17(21(31)25(2)13-36-25)10-15-8-6-5-7-9-15/h5-9,11,16-18,24,29H,10,12-13H2,1-4H3,(H2,26,32)(H,28,33)/t16-,17-,18-,24?,25+/m0/s1. The van der Waals surface area contributed by atoms with Gasteiger partial charge in [-0.1, -0.05) is 30.3 Å². The van der Waals surface area contributed by atoms with Gasteiger partial charge in [-0.3, -0.25) is 19.7 Å². The number of epoxide rings is 1. The molecule has 0 spiro atoms. The number of nitrogens with one attached hydrogen (secondary N) is 2. The molecule has 0 saturated carbocycles. The Morgan fingerprint density at radius 2 is 1.92 bits per heavy atom. The topological polar surface area (TPSA) is 162 Å². The minimum absolute atomic E-state index is 0.0872. The third-order valence-electron chi connectivity index (χ3n) is 6.06. The number of carbonyl (C=O) groups excluding carboxylic acids is 4. The molecule has 0 bridgehead atoms. The number of ketones is 1. The number of primary amides is 1. The Morgan fingerprint density at radius 3 is 2.46 bits per heavy atom. The van der Waals surface area contributed by atoms with Crippen LogP contribution in [0.2, 0.25) is 0 Å². The molecule has 3 rings (SSSR count). The van der Waals surface area contributed by atoms with Gasteiger partial charge in [-0.25, -0.2) is 4.98 Å². The van der Waals surface area contributed by atoms with Crippen LogP contribution in [0, 0.1) is 6.92 Å². The molecule has 200 valence electrons. The second-order valence-corrected chi connectivity index (χ2v) is 10.1. The van der Waals surface area contributed by atoms with Crippen molar-refractivity contribution in [2.75, 3.05) is 27.4 Å². The third-order valence-corrected chi connectivity index (χ3v) is 7.06. The highest BCUT2D eigenvalue weighted by molar-refractivity contribution is 7.13. The number of nitrogens with two attached hydrogens (primary N) is 1. The lowest BCUT2D eigenvalue weighted by atomic mass is 9.94. The summed E-state index contributed by atoms with van der Waals surface area (Å²) in [5.74, 6) is -2.52. The van der Waals surface area contributed by atoms with Crippen LogP contribution in [0.25, 0.3) is 0 Å². The molecule has 0 radical (unpaired) electrons. The molecule has 1 aromatic heterocycles. The smallest absolute Gasteiger partial charge is 0.260 e. The first kappa shape index (κ1) is 28.5. The second kappa shape index (κ2) is 12.5. The van der Waals surface area contributed by atoms with Crippen LogP contribution in [-0.2, 0) is 35.0 Å².